The lowest BCUT2D eigenvalue weighted by atomic mass is 10.1. The number of hydrogen-bond donors (Lipinski definition) is 2. The zero-order valence-corrected chi connectivity index (χ0v) is 10.3. The second-order valence-electron chi connectivity index (χ2n) is 4.06. The van der Waals surface area contributed by atoms with Crippen molar-refractivity contribution in [2.45, 2.75) is 51.9 Å². The van der Waals surface area contributed by atoms with Crippen LogP contribution in [-0.4, -0.2) is 26.0 Å². The van der Waals surface area contributed by atoms with Gasteiger partial charge in [0.1, 0.15) is 0 Å². The normalized spacial score (nSPS) is 10.3. The van der Waals surface area contributed by atoms with Gasteiger partial charge >= 0.3 is 0 Å². The topological polar surface area (TPSA) is 41.1 Å². The van der Waals surface area contributed by atoms with Crippen LogP contribution in [0, 0.1) is 0 Å². The summed E-state index contributed by atoms with van der Waals surface area (Å²) < 4.78 is 0. The van der Waals surface area contributed by atoms with E-state index in [1.54, 1.807) is 6.92 Å². The van der Waals surface area contributed by atoms with E-state index in [1.165, 1.54) is 38.5 Å². The Morgan fingerprint density at radius 2 is 1.33 bits per heavy atom. The summed E-state index contributed by atoms with van der Waals surface area (Å²) >= 11 is 0. The van der Waals surface area contributed by atoms with Crippen LogP contribution < -0.4 is 10.6 Å². The molecule has 0 bridgehead atoms. The van der Waals surface area contributed by atoms with Gasteiger partial charge in [0, 0.05) is 13.5 Å². The average molecular weight is 214 g/mol. The molecule has 0 radical (unpaired) electrons. The van der Waals surface area contributed by atoms with Crippen LogP contribution in [0.5, 0.6) is 0 Å². The smallest absolute Gasteiger partial charge is 0.216 e. The number of rotatable bonds is 10. The minimum absolute atomic E-state index is 0.0852. The van der Waals surface area contributed by atoms with Gasteiger partial charge in [-0.05, 0) is 26.4 Å². The molecule has 0 saturated carbocycles. The van der Waals surface area contributed by atoms with Gasteiger partial charge in [0.05, 0.1) is 0 Å². The fourth-order valence-corrected chi connectivity index (χ4v) is 1.58. The maximum absolute atomic E-state index is 10.6. The molecule has 0 saturated heterocycles. The molecule has 0 aliphatic heterocycles. The van der Waals surface area contributed by atoms with Crippen molar-refractivity contribution >= 4 is 5.91 Å². The number of hydrogen-bond acceptors (Lipinski definition) is 2. The van der Waals surface area contributed by atoms with Crippen LogP contribution >= 0.6 is 0 Å². The van der Waals surface area contributed by atoms with E-state index in [4.69, 9.17) is 0 Å². The first-order valence-corrected chi connectivity index (χ1v) is 6.16. The van der Waals surface area contributed by atoms with Crippen LogP contribution in [0.15, 0.2) is 0 Å². The van der Waals surface area contributed by atoms with E-state index < -0.39 is 0 Å². The van der Waals surface area contributed by atoms with Crippen molar-refractivity contribution in [1.82, 2.24) is 10.6 Å². The maximum atomic E-state index is 10.6. The highest BCUT2D eigenvalue weighted by molar-refractivity contribution is 5.72. The van der Waals surface area contributed by atoms with Crippen molar-refractivity contribution in [2.75, 3.05) is 20.1 Å². The molecular weight excluding hydrogens is 188 g/mol. The molecule has 0 aromatic heterocycles. The molecule has 2 N–H and O–H groups in total. The summed E-state index contributed by atoms with van der Waals surface area (Å²) in [5, 5.41) is 5.97. The SMILES string of the molecule is CNCCCCCCCCCNC(C)=O. The predicted octanol–water partition coefficient (Wildman–Crippen LogP) is 2.07. The van der Waals surface area contributed by atoms with Crippen molar-refractivity contribution in [3.8, 4) is 0 Å². The summed E-state index contributed by atoms with van der Waals surface area (Å²) in [6, 6.07) is 0. The number of amides is 1. The zero-order chi connectivity index (χ0) is 11.4. The Balaban J connectivity index is 2.89. The maximum Gasteiger partial charge on any atom is 0.216 e. The van der Waals surface area contributed by atoms with E-state index in [0.29, 0.717) is 0 Å². The third kappa shape index (κ3) is 13.4. The quantitative estimate of drug-likeness (QED) is 0.547. The number of nitrogens with one attached hydrogen (secondary N) is 2. The van der Waals surface area contributed by atoms with Crippen LogP contribution in [0.3, 0.4) is 0 Å². The lowest BCUT2D eigenvalue weighted by molar-refractivity contribution is -0.118. The second-order valence-corrected chi connectivity index (χ2v) is 4.06. The van der Waals surface area contributed by atoms with Crippen molar-refractivity contribution < 1.29 is 4.79 Å². The summed E-state index contributed by atoms with van der Waals surface area (Å²) in [7, 11) is 2.00. The third-order valence-electron chi connectivity index (χ3n) is 2.48. The van der Waals surface area contributed by atoms with Crippen molar-refractivity contribution in [2.24, 2.45) is 0 Å². The monoisotopic (exact) mass is 214 g/mol. The molecule has 0 spiro atoms. The van der Waals surface area contributed by atoms with Crippen molar-refractivity contribution in [3.05, 3.63) is 0 Å². The van der Waals surface area contributed by atoms with Gasteiger partial charge in [-0.15, -0.1) is 0 Å². The second kappa shape index (κ2) is 11.5. The van der Waals surface area contributed by atoms with Crippen LogP contribution in [0.1, 0.15) is 51.9 Å². The molecular formula is C12H26N2O. The van der Waals surface area contributed by atoms with Gasteiger partial charge in [0.25, 0.3) is 0 Å². The highest BCUT2D eigenvalue weighted by Crippen LogP contribution is 2.06. The Morgan fingerprint density at radius 1 is 0.867 bits per heavy atom. The van der Waals surface area contributed by atoms with Crippen molar-refractivity contribution in [3.63, 3.8) is 0 Å². The Bertz CT molecular complexity index is 149. The molecule has 0 heterocycles. The first kappa shape index (κ1) is 14.4. The van der Waals surface area contributed by atoms with Gasteiger partial charge in [-0.2, -0.15) is 0 Å². The van der Waals surface area contributed by atoms with E-state index in [0.717, 1.165) is 19.5 Å². The Morgan fingerprint density at radius 3 is 1.80 bits per heavy atom. The average Bonchev–Trinajstić information content (AvgIpc) is 2.20. The predicted molar refractivity (Wildman–Crippen MR) is 64.9 cm³/mol. The Labute approximate surface area is 94.0 Å². The molecule has 0 aromatic rings. The van der Waals surface area contributed by atoms with Gasteiger partial charge in [0.2, 0.25) is 5.91 Å². The van der Waals surface area contributed by atoms with Crippen LogP contribution in [0.2, 0.25) is 0 Å². The zero-order valence-electron chi connectivity index (χ0n) is 10.3. The lowest BCUT2D eigenvalue weighted by Crippen LogP contribution is -2.20. The summed E-state index contributed by atoms with van der Waals surface area (Å²) in [5.41, 5.74) is 0. The molecule has 0 aliphatic rings. The number of carbonyl (C=O) groups excluding carboxylic acids is 1. The minimum Gasteiger partial charge on any atom is -0.356 e. The highest BCUT2D eigenvalue weighted by atomic mass is 16.1. The Hall–Kier alpha value is -0.570. The van der Waals surface area contributed by atoms with Gasteiger partial charge in [0.15, 0.2) is 0 Å². The highest BCUT2D eigenvalue weighted by Gasteiger charge is 1.92. The number of unbranched alkanes of at least 4 members (excludes halogenated alkanes) is 6. The van der Waals surface area contributed by atoms with E-state index in [-0.39, 0.29) is 5.91 Å². The van der Waals surface area contributed by atoms with E-state index in [1.807, 2.05) is 7.05 Å². The molecule has 3 nitrogen and oxygen atoms in total. The van der Waals surface area contributed by atoms with Gasteiger partial charge in [-0.25, -0.2) is 0 Å². The van der Waals surface area contributed by atoms with E-state index in [9.17, 15) is 4.79 Å². The first-order chi connectivity index (χ1) is 7.27. The van der Waals surface area contributed by atoms with E-state index in [2.05, 4.69) is 10.6 Å². The van der Waals surface area contributed by atoms with E-state index >= 15 is 0 Å². The molecule has 3 heteroatoms. The first-order valence-electron chi connectivity index (χ1n) is 6.16. The minimum atomic E-state index is 0.0852. The fourth-order valence-electron chi connectivity index (χ4n) is 1.58. The molecule has 0 aromatic carbocycles. The van der Waals surface area contributed by atoms with Gasteiger partial charge in [-0.1, -0.05) is 32.1 Å². The fraction of sp³-hybridized carbons (Fsp3) is 0.917. The molecule has 1 amide bonds. The summed E-state index contributed by atoms with van der Waals surface area (Å²) in [6.07, 6.45) is 8.99. The molecule has 15 heavy (non-hydrogen) atoms. The van der Waals surface area contributed by atoms with Crippen LogP contribution in [0.4, 0.5) is 0 Å². The summed E-state index contributed by atoms with van der Waals surface area (Å²) in [6.45, 7) is 3.55. The van der Waals surface area contributed by atoms with Gasteiger partial charge < -0.3 is 10.6 Å². The molecule has 0 aliphatic carbocycles. The standard InChI is InChI=1S/C12H26N2O/c1-12(15)14-11-9-7-5-3-4-6-8-10-13-2/h13H,3-11H2,1-2H3,(H,14,15). The molecule has 0 unspecified atom stereocenters. The molecule has 0 rings (SSSR count). The van der Waals surface area contributed by atoms with Crippen LogP contribution in [-0.2, 0) is 4.79 Å². The van der Waals surface area contributed by atoms with Gasteiger partial charge in [-0.3, -0.25) is 4.79 Å². The largest absolute Gasteiger partial charge is 0.356 e. The lowest BCUT2D eigenvalue weighted by Gasteiger charge is -2.02. The molecule has 0 atom stereocenters. The van der Waals surface area contributed by atoms with Crippen molar-refractivity contribution in [1.29, 1.82) is 0 Å². The Kier molecular flexibility index (Phi) is 11.1. The third-order valence-corrected chi connectivity index (χ3v) is 2.48. The molecule has 90 valence electrons. The summed E-state index contributed by atoms with van der Waals surface area (Å²) in [4.78, 5) is 10.6. The number of carbonyl (C=O) groups is 1. The molecule has 0 fully saturated rings. The van der Waals surface area contributed by atoms with Crippen LogP contribution in [0.25, 0.3) is 0 Å². The summed E-state index contributed by atoms with van der Waals surface area (Å²) in [5.74, 6) is 0.0852.